The zero-order chi connectivity index (χ0) is 16.0. The molecule has 4 rings (SSSR count). The van der Waals surface area contributed by atoms with Crippen LogP contribution in [0.3, 0.4) is 0 Å². The Hall–Kier alpha value is -1.84. The molecule has 4 heteroatoms. The first-order valence-corrected chi connectivity index (χ1v) is 8.44. The number of benzene rings is 2. The Morgan fingerprint density at radius 3 is 2.57 bits per heavy atom. The van der Waals surface area contributed by atoms with Crippen LogP contribution < -0.4 is 4.90 Å². The molecule has 23 heavy (non-hydrogen) atoms. The summed E-state index contributed by atoms with van der Waals surface area (Å²) in [5.41, 5.74) is 3.35. The molecule has 2 aliphatic heterocycles. The highest BCUT2D eigenvalue weighted by atomic mass is 35.5. The van der Waals surface area contributed by atoms with Gasteiger partial charge in [-0.2, -0.15) is 0 Å². The summed E-state index contributed by atoms with van der Waals surface area (Å²) in [5.74, 6) is 0.207. The number of hydrogen-bond donors (Lipinski definition) is 0. The summed E-state index contributed by atoms with van der Waals surface area (Å²) in [5, 5.41) is 0.688. The Morgan fingerprint density at radius 2 is 1.83 bits per heavy atom. The highest BCUT2D eigenvalue weighted by Gasteiger charge is 2.49. The van der Waals surface area contributed by atoms with Gasteiger partial charge in [-0.1, -0.05) is 35.9 Å². The summed E-state index contributed by atoms with van der Waals surface area (Å²) in [7, 11) is 0. The summed E-state index contributed by atoms with van der Waals surface area (Å²) in [6.45, 7) is 3.09. The highest BCUT2D eigenvalue weighted by molar-refractivity contribution is 6.30. The Labute approximate surface area is 141 Å². The normalized spacial score (nSPS) is 24.3. The molecule has 2 fully saturated rings. The number of halogens is 1. The number of carbonyl (C=O) groups excluding carboxylic acids is 1. The van der Waals surface area contributed by atoms with Gasteiger partial charge in [-0.3, -0.25) is 14.6 Å². The third-order valence-electron chi connectivity index (χ3n) is 4.95. The number of anilines is 1. The van der Waals surface area contributed by atoms with Gasteiger partial charge in [0.15, 0.2) is 0 Å². The van der Waals surface area contributed by atoms with Gasteiger partial charge in [-0.05, 0) is 55.2 Å². The monoisotopic (exact) mass is 326 g/mol. The van der Waals surface area contributed by atoms with Crippen molar-refractivity contribution in [2.24, 2.45) is 0 Å². The zero-order valence-corrected chi connectivity index (χ0v) is 13.8. The first-order valence-electron chi connectivity index (χ1n) is 8.07. The van der Waals surface area contributed by atoms with E-state index in [1.807, 2.05) is 35.2 Å². The summed E-state index contributed by atoms with van der Waals surface area (Å²) in [4.78, 5) is 17.3. The van der Waals surface area contributed by atoms with Crippen LogP contribution in [-0.2, 0) is 4.79 Å². The molecule has 0 bridgehead atoms. The van der Waals surface area contributed by atoms with E-state index in [1.54, 1.807) is 0 Å². The van der Waals surface area contributed by atoms with Crippen LogP contribution in [0.15, 0.2) is 48.5 Å². The molecule has 118 valence electrons. The van der Waals surface area contributed by atoms with Gasteiger partial charge in [0, 0.05) is 17.3 Å². The predicted molar refractivity (Wildman–Crippen MR) is 92.6 cm³/mol. The van der Waals surface area contributed by atoms with Crippen LogP contribution in [0.5, 0.6) is 0 Å². The molecule has 0 aromatic heterocycles. The minimum atomic E-state index is -0.0163. The maximum absolute atomic E-state index is 13.0. The van der Waals surface area contributed by atoms with Crippen molar-refractivity contribution in [3.8, 4) is 0 Å². The fraction of sp³-hybridized carbons (Fsp3) is 0.316. The van der Waals surface area contributed by atoms with Crippen LogP contribution in [0, 0.1) is 6.92 Å². The molecule has 2 aromatic rings. The molecule has 0 radical (unpaired) electrons. The Morgan fingerprint density at radius 1 is 1.09 bits per heavy atom. The summed E-state index contributed by atoms with van der Waals surface area (Å²) in [6, 6.07) is 15.9. The van der Waals surface area contributed by atoms with E-state index < -0.39 is 0 Å². The first kappa shape index (κ1) is 14.7. The van der Waals surface area contributed by atoms with Crippen LogP contribution in [0.4, 0.5) is 5.69 Å². The molecule has 2 unspecified atom stereocenters. The molecule has 3 nitrogen and oxygen atoms in total. The Bertz CT molecular complexity index is 743. The summed E-state index contributed by atoms with van der Waals surface area (Å²) >= 11 is 6.02. The molecule has 2 saturated heterocycles. The van der Waals surface area contributed by atoms with Gasteiger partial charge < -0.3 is 0 Å². The van der Waals surface area contributed by atoms with Crippen molar-refractivity contribution in [3.05, 3.63) is 64.7 Å². The molecule has 1 amide bonds. The van der Waals surface area contributed by atoms with Gasteiger partial charge in [-0.25, -0.2) is 0 Å². The molecule has 0 spiro atoms. The number of hydrogen-bond acceptors (Lipinski definition) is 2. The van der Waals surface area contributed by atoms with Crippen molar-refractivity contribution in [1.82, 2.24) is 4.90 Å². The second-order valence-electron chi connectivity index (χ2n) is 6.31. The molecule has 0 aliphatic carbocycles. The van der Waals surface area contributed by atoms with Crippen molar-refractivity contribution < 1.29 is 4.79 Å². The van der Waals surface area contributed by atoms with E-state index in [-0.39, 0.29) is 18.1 Å². The predicted octanol–water partition coefficient (Wildman–Crippen LogP) is 4.16. The molecule has 0 saturated carbocycles. The number of carbonyl (C=O) groups is 1. The SMILES string of the molecule is Cc1ccccc1C1N(c2ccc(Cl)cc2)C(=O)C2CCCN21. The topological polar surface area (TPSA) is 23.6 Å². The van der Waals surface area contributed by atoms with Gasteiger partial charge in [0.1, 0.15) is 6.17 Å². The quantitative estimate of drug-likeness (QED) is 0.827. The van der Waals surface area contributed by atoms with Crippen molar-refractivity contribution in [2.75, 3.05) is 11.4 Å². The van der Waals surface area contributed by atoms with E-state index in [0.29, 0.717) is 5.02 Å². The van der Waals surface area contributed by atoms with Crippen molar-refractivity contribution in [2.45, 2.75) is 32.0 Å². The lowest BCUT2D eigenvalue weighted by Crippen LogP contribution is -2.32. The third kappa shape index (κ3) is 2.35. The lowest BCUT2D eigenvalue weighted by Gasteiger charge is -2.30. The van der Waals surface area contributed by atoms with E-state index in [2.05, 4.69) is 30.0 Å². The number of aryl methyl sites for hydroxylation is 1. The fourth-order valence-corrected chi connectivity index (χ4v) is 3.97. The second-order valence-corrected chi connectivity index (χ2v) is 6.75. The van der Waals surface area contributed by atoms with Gasteiger partial charge >= 0.3 is 0 Å². The third-order valence-corrected chi connectivity index (χ3v) is 5.20. The van der Waals surface area contributed by atoms with E-state index in [1.165, 1.54) is 11.1 Å². The summed E-state index contributed by atoms with van der Waals surface area (Å²) < 4.78 is 0. The molecule has 2 atom stereocenters. The minimum Gasteiger partial charge on any atom is -0.291 e. The first-order chi connectivity index (χ1) is 11.2. The summed E-state index contributed by atoms with van der Waals surface area (Å²) in [6.07, 6.45) is 2.02. The second kappa shape index (κ2) is 5.66. The Kier molecular flexibility index (Phi) is 3.63. The van der Waals surface area contributed by atoms with Crippen LogP contribution >= 0.6 is 11.6 Å². The van der Waals surface area contributed by atoms with Gasteiger partial charge in [0.05, 0.1) is 6.04 Å². The van der Waals surface area contributed by atoms with E-state index >= 15 is 0 Å². The minimum absolute atomic E-state index is 0.00952. The number of amides is 1. The van der Waals surface area contributed by atoms with Gasteiger partial charge in [-0.15, -0.1) is 0 Å². The molecule has 0 N–H and O–H groups in total. The maximum atomic E-state index is 13.0. The van der Waals surface area contributed by atoms with Crippen molar-refractivity contribution in [3.63, 3.8) is 0 Å². The maximum Gasteiger partial charge on any atom is 0.246 e. The van der Waals surface area contributed by atoms with Crippen LogP contribution in [0.2, 0.25) is 5.02 Å². The number of fused-ring (bicyclic) bond motifs is 1. The largest absolute Gasteiger partial charge is 0.291 e. The van der Waals surface area contributed by atoms with Crippen LogP contribution in [-0.4, -0.2) is 23.4 Å². The average molecular weight is 327 g/mol. The van der Waals surface area contributed by atoms with Crippen molar-refractivity contribution in [1.29, 1.82) is 0 Å². The average Bonchev–Trinajstić information content (AvgIpc) is 3.12. The Balaban J connectivity index is 1.83. The van der Waals surface area contributed by atoms with E-state index in [4.69, 9.17) is 11.6 Å². The number of nitrogens with zero attached hydrogens (tertiary/aromatic N) is 2. The highest BCUT2D eigenvalue weighted by Crippen LogP contribution is 2.43. The molecule has 2 aliphatic rings. The van der Waals surface area contributed by atoms with E-state index in [0.717, 1.165) is 25.1 Å². The zero-order valence-electron chi connectivity index (χ0n) is 13.1. The standard InChI is InChI=1S/C19H19ClN2O/c1-13-5-2-3-6-16(13)18-21-12-4-7-17(21)19(23)22(18)15-10-8-14(20)9-11-15/h2-3,5-6,8-11,17-18H,4,7,12H2,1H3. The molecule has 2 heterocycles. The lowest BCUT2D eigenvalue weighted by molar-refractivity contribution is -0.119. The lowest BCUT2D eigenvalue weighted by atomic mass is 10.0. The number of rotatable bonds is 2. The van der Waals surface area contributed by atoms with Crippen molar-refractivity contribution >= 4 is 23.2 Å². The van der Waals surface area contributed by atoms with Gasteiger partial charge in [0.25, 0.3) is 0 Å². The smallest absolute Gasteiger partial charge is 0.246 e. The van der Waals surface area contributed by atoms with Crippen LogP contribution in [0.25, 0.3) is 0 Å². The molecule has 2 aromatic carbocycles. The van der Waals surface area contributed by atoms with Gasteiger partial charge in [0.2, 0.25) is 5.91 Å². The van der Waals surface area contributed by atoms with Crippen LogP contribution in [0.1, 0.15) is 30.1 Å². The molecular formula is C19H19ClN2O. The fourth-order valence-electron chi connectivity index (χ4n) is 3.84. The van der Waals surface area contributed by atoms with E-state index in [9.17, 15) is 4.79 Å². The molecular weight excluding hydrogens is 308 g/mol.